The van der Waals surface area contributed by atoms with Gasteiger partial charge >= 0.3 is 5.97 Å². The number of aliphatic carboxylic acids is 1. The molecule has 4 N–H and O–H groups in total. The highest BCUT2D eigenvalue weighted by molar-refractivity contribution is 5.81. The summed E-state index contributed by atoms with van der Waals surface area (Å²) in [4.78, 5) is 22.8. The molecule has 0 radical (unpaired) electrons. The number of nitrogens with one attached hydrogen (secondary N) is 1. The first-order chi connectivity index (χ1) is 8.77. The van der Waals surface area contributed by atoms with Gasteiger partial charge in [0.15, 0.2) is 0 Å². The van der Waals surface area contributed by atoms with Crippen LogP contribution in [0.5, 0.6) is 0 Å². The Bertz CT molecular complexity index is 342. The summed E-state index contributed by atoms with van der Waals surface area (Å²) in [6, 6.07) is -0.216. The fourth-order valence-electron chi connectivity index (χ4n) is 2.27. The second-order valence-electron chi connectivity index (χ2n) is 5.96. The highest BCUT2D eigenvalue weighted by atomic mass is 16.4. The quantitative estimate of drug-likeness (QED) is 0.569. The van der Waals surface area contributed by atoms with E-state index >= 15 is 0 Å². The van der Waals surface area contributed by atoms with Gasteiger partial charge in [-0.05, 0) is 19.3 Å². The molecule has 0 unspecified atom stereocenters. The van der Waals surface area contributed by atoms with E-state index in [-0.39, 0.29) is 12.6 Å². The van der Waals surface area contributed by atoms with Crippen LogP contribution >= 0.6 is 0 Å². The van der Waals surface area contributed by atoms with E-state index in [4.69, 9.17) is 10.2 Å². The first kappa shape index (κ1) is 15.9. The molecule has 1 aliphatic carbocycles. The Labute approximate surface area is 112 Å². The zero-order chi connectivity index (χ0) is 14.6. The van der Waals surface area contributed by atoms with Gasteiger partial charge in [-0.15, -0.1) is 0 Å². The molecule has 1 rings (SSSR count). The van der Waals surface area contributed by atoms with Crippen molar-refractivity contribution in [2.45, 2.75) is 51.7 Å². The van der Waals surface area contributed by atoms with Crippen LogP contribution in [-0.4, -0.2) is 45.9 Å². The normalized spacial score (nSPS) is 25.7. The van der Waals surface area contributed by atoms with Gasteiger partial charge in [0.05, 0.1) is 12.5 Å². The predicted octanol–water partition coefficient (Wildman–Crippen LogP) is 0.125. The summed E-state index contributed by atoms with van der Waals surface area (Å²) in [5, 5.41) is 30.6. The first-order valence-corrected chi connectivity index (χ1v) is 6.60. The van der Waals surface area contributed by atoms with Gasteiger partial charge in [0.25, 0.3) is 0 Å². The van der Waals surface area contributed by atoms with E-state index in [1.807, 2.05) is 0 Å². The summed E-state index contributed by atoms with van der Waals surface area (Å²) in [5.41, 5.74) is -0.912. The number of aliphatic hydroxyl groups is 2. The molecule has 6 heteroatoms. The van der Waals surface area contributed by atoms with Crippen molar-refractivity contribution in [2.24, 2.45) is 11.3 Å². The standard InChI is InChI=1S/C13H23NO5/c1-13(2,7-15)10(16)11(17)14-9-5-3-4-8(6-9)12(18)19/h8-10,15-16H,3-7H2,1-2H3,(H,14,17)(H,18,19)/t8-,9-,10+/m0/s1. The van der Waals surface area contributed by atoms with Crippen LogP contribution in [0.4, 0.5) is 0 Å². The van der Waals surface area contributed by atoms with E-state index in [9.17, 15) is 14.7 Å². The molecule has 0 aromatic carbocycles. The van der Waals surface area contributed by atoms with Crippen LogP contribution in [0, 0.1) is 11.3 Å². The Kier molecular flexibility index (Phi) is 5.31. The van der Waals surface area contributed by atoms with Crippen molar-refractivity contribution in [1.82, 2.24) is 5.32 Å². The Hall–Kier alpha value is -1.14. The molecule has 0 aliphatic heterocycles. The largest absolute Gasteiger partial charge is 0.481 e. The molecular formula is C13H23NO5. The lowest BCUT2D eigenvalue weighted by atomic mass is 9.84. The van der Waals surface area contributed by atoms with E-state index in [1.165, 1.54) is 0 Å². The molecule has 0 spiro atoms. The molecule has 0 saturated heterocycles. The Balaban J connectivity index is 2.55. The third kappa shape index (κ3) is 4.18. The Morgan fingerprint density at radius 3 is 2.53 bits per heavy atom. The van der Waals surface area contributed by atoms with Gasteiger partial charge in [-0.3, -0.25) is 9.59 Å². The van der Waals surface area contributed by atoms with Crippen LogP contribution in [0.1, 0.15) is 39.5 Å². The molecule has 0 heterocycles. The van der Waals surface area contributed by atoms with Crippen molar-refractivity contribution >= 4 is 11.9 Å². The van der Waals surface area contributed by atoms with Crippen molar-refractivity contribution in [2.75, 3.05) is 6.61 Å². The fraction of sp³-hybridized carbons (Fsp3) is 0.846. The van der Waals surface area contributed by atoms with Crippen molar-refractivity contribution in [3.63, 3.8) is 0 Å². The number of aliphatic hydroxyl groups excluding tert-OH is 2. The molecule has 3 atom stereocenters. The highest BCUT2D eigenvalue weighted by Crippen LogP contribution is 2.25. The second-order valence-corrected chi connectivity index (χ2v) is 5.96. The summed E-state index contributed by atoms with van der Waals surface area (Å²) in [5.74, 6) is -1.81. The lowest BCUT2D eigenvalue weighted by Crippen LogP contribution is -2.50. The van der Waals surface area contributed by atoms with Gasteiger partial charge in [-0.2, -0.15) is 0 Å². The topological polar surface area (TPSA) is 107 Å². The summed E-state index contributed by atoms with van der Waals surface area (Å²) in [6.45, 7) is 2.89. The average Bonchev–Trinajstić information content (AvgIpc) is 2.38. The van der Waals surface area contributed by atoms with Crippen molar-refractivity contribution in [3.8, 4) is 0 Å². The molecule has 0 aromatic rings. The third-order valence-electron chi connectivity index (χ3n) is 3.77. The Morgan fingerprint density at radius 1 is 1.37 bits per heavy atom. The van der Waals surface area contributed by atoms with Gasteiger partial charge in [0.2, 0.25) is 5.91 Å². The van der Waals surface area contributed by atoms with Crippen LogP contribution in [0.15, 0.2) is 0 Å². The summed E-state index contributed by atoms with van der Waals surface area (Å²) in [7, 11) is 0. The molecule has 1 fully saturated rings. The van der Waals surface area contributed by atoms with Crippen LogP contribution in [0.2, 0.25) is 0 Å². The number of hydrogen-bond donors (Lipinski definition) is 4. The molecular weight excluding hydrogens is 250 g/mol. The average molecular weight is 273 g/mol. The van der Waals surface area contributed by atoms with E-state index in [0.717, 1.165) is 12.8 Å². The summed E-state index contributed by atoms with van der Waals surface area (Å²) in [6.07, 6.45) is 1.20. The maximum Gasteiger partial charge on any atom is 0.306 e. The fourth-order valence-corrected chi connectivity index (χ4v) is 2.27. The SMILES string of the molecule is CC(C)(CO)[C@H](O)C(=O)N[C@H]1CCC[C@H](C(=O)O)C1. The second kappa shape index (κ2) is 6.34. The third-order valence-corrected chi connectivity index (χ3v) is 3.77. The van der Waals surface area contributed by atoms with E-state index < -0.39 is 29.3 Å². The summed E-state index contributed by atoms with van der Waals surface area (Å²) < 4.78 is 0. The van der Waals surface area contributed by atoms with Crippen LogP contribution in [0.3, 0.4) is 0 Å². The minimum Gasteiger partial charge on any atom is -0.481 e. The molecule has 1 aliphatic rings. The molecule has 6 nitrogen and oxygen atoms in total. The zero-order valence-corrected chi connectivity index (χ0v) is 11.4. The van der Waals surface area contributed by atoms with Crippen molar-refractivity contribution in [3.05, 3.63) is 0 Å². The smallest absolute Gasteiger partial charge is 0.306 e. The number of carbonyl (C=O) groups is 2. The van der Waals surface area contributed by atoms with Crippen LogP contribution in [0.25, 0.3) is 0 Å². The van der Waals surface area contributed by atoms with Gasteiger partial charge in [0, 0.05) is 11.5 Å². The number of amides is 1. The number of hydrogen-bond acceptors (Lipinski definition) is 4. The van der Waals surface area contributed by atoms with Gasteiger partial charge in [-0.25, -0.2) is 0 Å². The number of carbonyl (C=O) groups excluding carboxylic acids is 1. The van der Waals surface area contributed by atoms with E-state index in [0.29, 0.717) is 12.8 Å². The number of carboxylic acid groups (broad SMARTS) is 1. The van der Waals surface area contributed by atoms with Gasteiger partial charge in [-0.1, -0.05) is 20.3 Å². The van der Waals surface area contributed by atoms with Gasteiger partial charge in [0.1, 0.15) is 6.10 Å². The molecule has 0 aromatic heterocycles. The van der Waals surface area contributed by atoms with E-state index in [2.05, 4.69) is 5.32 Å². The Morgan fingerprint density at radius 2 is 2.00 bits per heavy atom. The lowest BCUT2D eigenvalue weighted by molar-refractivity contribution is -0.144. The van der Waals surface area contributed by atoms with E-state index in [1.54, 1.807) is 13.8 Å². The molecule has 0 bridgehead atoms. The predicted molar refractivity (Wildman–Crippen MR) is 68.4 cm³/mol. The maximum atomic E-state index is 11.9. The minimum atomic E-state index is -1.30. The lowest BCUT2D eigenvalue weighted by Gasteiger charge is -2.31. The van der Waals surface area contributed by atoms with Gasteiger partial charge < -0.3 is 20.6 Å². The zero-order valence-electron chi connectivity index (χ0n) is 11.4. The van der Waals surface area contributed by atoms with Crippen molar-refractivity contribution in [1.29, 1.82) is 0 Å². The number of rotatable bonds is 5. The molecule has 1 amide bonds. The van der Waals surface area contributed by atoms with Crippen LogP contribution < -0.4 is 5.32 Å². The summed E-state index contributed by atoms with van der Waals surface area (Å²) >= 11 is 0. The molecule has 110 valence electrons. The van der Waals surface area contributed by atoms with Crippen LogP contribution in [-0.2, 0) is 9.59 Å². The molecule has 19 heavy (non-hydrogen) atoms. The monoisotopic (exact) mass is 273 g/mol. The first-order valence-electron chi connectivity index (χ1n) is 6.60. The highest BCUT2D eigenvalue weighted by Gasteiger charge is 2.35. The minimum absolute atomic E-state index is 0.216. The maximum absolute atomic E-state index is 11.9. The number of carboxylic acids is 1. The molecule has 1 saturated carbocycles. The van der Waals surface area contributed by atoms with Crippen molar-refractivity contribution < 1.29 is 24.9 Å².